The molecule has 0 fully saturated rings. The zero-order chi connectivity index (χ0) is 12.6. The van der Waals surface area contributed by atoms with Gasteiger partial charge < -0.3 is 10.3 Å². The van der Waals surface area contributed by atoms with Crippen LogP contribution in [0.3, 0.4) is 0 Å². The number of hydrogen-bond acceptors (Lipinski definition) is 3. The molecule has 0 amide bonds. The Morgan fingerprint density at radius 2 is 1.88 bits per heavy atom. The van der Waals surface area contributed by atoms with Gasteiger partial charge in [0.25, 0.3) is 0 Å². The summed E-state index contributed by atoms with van der Waals surface area (Å²) in [5.74, 6) is 0.372. The monoisotopic (exact) mass is 230 g/mol. The van der Waals surface area contributed by atoms with Crippen LogP contribution in [0.25, 0.3) is 11.1 Å². The number of anilines is 1. The predicted octanol–water partition coefficient (Wildman–Crippen LogP) is 3.53. The van der Waals surface area contributed by atoms with Crippen LogP contribution in [-0.2, 0) is 5.41 Å². The molecule has 3 nitrogen and oxygen atoms in total. The first-order chi connectivity index (χ1) is 7.89. The van der Waals surface area contributed by atoms with Crippen molar-refractivity contribution in [1.29, 1.82) is 0 Å². The standard InChI is InChI=1S/C14H18N2O/c1-9-7-10(14(2,3)4)5-6-11(9)12-8-16-17-13(12)15/h5-8H,15H2,1-4H3. The van der Waals surface area contributed by atoms with Crippen molar-refractivity contribution in [2.24, 2.45) is 0 Å². The highest BCUT2D eigenvalue weighted by molar-refractivity contribution is 5.74. The van der Waals surface area contributed by atoms with Crippen molar-refractivity contribution < 1.29 is 4.52 Å². The van der Waals surface area contributed by atoms with Gasteiger partial charge in [0.2, 0.25) is 5.88 Å². The van der Waals surface area contributed by atoms with Gasteiger partial charge in [-0.15, -0.1) is 0 Å². The average Bonchev–Trinajstić information content (AvgIpc) is 2.63. The highest BCUT2D eigenvalue weighted by atomic mass is 16.5. The van der Waals surface area contributed by atoms with Gasteiger partial charge in [-0.1, -0.05) is 44.1 Å². The van der Waals surface area contributed by atoms with Crippen LogP contribution in [0.5, 0.6) is 0 Å². The quantitative estimate of drug-likeness (QED) is 0.815. The smallest absolute Gasteiger partial charge is 0.229 e. The normalized spacial score (nSPS) is 11.8. The van der Waals surface area contributed by atoms with Gasteiger partial charge in [0.15, 0.2) is 0 Å². The van der Waals surface area contributed by atoms with Crippen LogP contribution >= 0.6 is 0 Å². The first-order valence-electron chi connectivity index (χ1n) is 5.71. The summed E-state index contributed by atoms with van der Waals surface area (Å²) in [5.41, 5.74) is 10.3. The van der Waals surface area contributed by atoms with Crippen LogP contribution in [-0.4, -0.2) is 5.16 Å². The fraction of sp³-hybridized carbons (Fsp3) is 0.357. The largest absolute Gasteiger partial charge is 0.367 e. The molecule has 0 unspecified atom stereocenters. The first kappa shape index (κ1) is 11.7. The van der Waals surface area contributed by atoms with Crippen LogP contribution in [0.4, 0.5) is 5.88 Å². The Balaban J connectivity index is 2.50. The Hall–Kier alpha value is -1.77. The Morgan fingerprint density at radius 1 is 1.18 bits per heavy atom. The van der Waals surface area contributed by atoms with E-state index in [0.29, 0.717) is 5.88 Å². The van der Waals surface area contributed by atoms with E-state index >= 15 is 0 Å². The van der Waals surface area contributed by atoms with Crippen molar-refractivity contribution in [2.45, 2.75) is 33.1 Å². The highest BCUT2D eigenvalue weighted by Crippen LogP contribution is 2.31. The number of rotatable bonds is 1. The van der Waals surface area contributed by atoms with Crippen molar-refractivity contribution >= 4 is 5.88 Å². The molecule has 2 rings (SSSR count). The summed E-state index contributed by atoms with van der Waals surface area (Å²) in [4.78, 5) is 0. The van der Waals surface area contributed by atoms with Crippen molar-refractivity contribution in [2.75, 3.05) is 5.73 Å². The van der Waals surface area contributed by atoms with E-state index in [9.17, 15) is 0 Å². The minimum Gasteiger partial charge on any atom is -0.367 e. The molecule has 0 atom stereocenters. The maximum Gasteiger partial charge on any atom is 0.229 e. The SMILES string of the molecule is Cc1cc(C(C)(C)C)ccc1-c1cnoc1N. The van der Waals surface area contributed by atoms with Crippen molar-refractivity contribution in [3.05, 3.63) is 35.5 Å². The second-order valence-electron chi connectivity index (χ2n) is 5.38. The minimum atomic E-state index is 0.156. The number of benzene rings is 1. The molecule has 0 saturated carbocycles. The van der Waals surface area contributed by atoms with E-state index in [1.54, 1.807) is 6.20 Å². The van der Waals surface area contributed by atoms with E-state index < -0.39 is 0 Å². The fourth-order valence-electron chi connectivity index (χ4n) is 1.88. The number of nitrogens with zero attached hydrogens (tertiary/aromatic N) is 1. The number of nitrogens with two attached hydrogens (primary N) is 1. The molecule has 0 aliphatic rings. The summed E-state index contributed by atoms with van der Waals surface area (Å²) in [5, 5.41) is 3.71. The number of aromatic nitrogens is 1. The van der Waals surface area contributed by atoms with E-state index in [0.717, 1.165) is 11.1 Å². The predicted molar refractivity (Wildman–Crippen MR) is 69.8 cm³/mol. The maximum atomic E-state index is 5.74. The fourth-order valence-corrected chi connectivity index (χ4v) is 1.88. The van der Waals surface area contributed by atoms with Gasteiger partial charge in [-0.3, -0.25) is 0 Å². The Morgan fingerprint density at radius 3 is 2.35 bits per heavy atom. The minimum absolute atomic E-state index is 0.156. The van der Waals surface area contributed by atoms with Crippen LogP contribution < -0.4 is 5.73 Å². The number of hydrogen-bond donors (Lipinski definition) is 1. The van der Waals surface area contributed by atoms with Crippen LogP contribution in [0.1, 0.15) is 31.9 Å². The topological polar surface area (TPSA) is 52.0 Å². The summed E-state index contributed by atoms with van der Waals surface area (Å²) in [6, 6.07) is 6.41. The molecular formula is C14H18N2O. The van der Waals surface area contributed by atoms with E-state index in [2.05, 4.69) is 51.1 Å². The molecule has 2 aromatic rings. The molecule has 0 aliphatic carbocycles. The molecule has 0 spiro atoms. The molecule has 3 heteroatoms. The van der Waals surface area contributed by atoms with Crippen molar-refractivity contribution in [3.63, 3.8) is 0 Å². The summed E-state index contributed by atoms with van der Waals surface area (Å²) in [6.07, 6.45) is 1.66. The summed E-state index contributed by atoms with van der Waals surface area (Å²) >= 11 is 0. The Labute approximate surface area is 102 Å². The van der Waals surface area contributed by atoms with E-state index in [1.165, 1.54) is 11.1 Å². The van der Waals surface area contributed by atoms with Gasteiger partial charge in [0.05, 0.1) is 11.8 Å². The van der Waals surface area contributed by atoms with E-state index in [4.69, 9.17) is 10.3 Å². The molecule has 0 aliphatic heterocycles. The van der Waals surface area contributed by atoms with E-state index in [1.807, 2.05) is 0 Å². The van der Waals surface area contributed by atoms with Crippen molar-refractivity contribution in [1.82, 2.24) is 5.16 Å². The van der Waals surface area contributed by atoms with Gasteiger partial charge in [-0.05, 0) is 29.0 Å². The van der Waals surface area contributed by atoms with Gasteiger partial charge in [-0.2, -0.15) is 0 Å². The maximum absolute atomic E-state index is 5.74. The summed E-state index contributed by atoms with van der Waals surface area (Å²) in [7, 11) is 0. The lowest BCUT2D eigenvalue weighted by Gasteiger charge is -2.20. The van der Waals surface area contributed by atoms with Crippen LogP contribution in [0.2, 0.25) is 0 Å². The molecule has 0 radical (unpaired) electrons. The third-order valence-corrected chi connectivity index (χ3v) is 2.98. The second kappa shape index (κ2) is 3.91. The van der Waals surface area contributed by atoms with Gasteiger partial charge in [0.1, 0.15) is 0 Å². The summed E-state index contributed by atoms with van der Waals surface area (Å²) in [6.45, 7) is 8.69. The molecule has 0 bridgehead atoms. The first-order valence-corrected chi connectivity index (χ1v) is 5.71. The third kappa shape index (κ3) is 2.18. The lowest BCUT2D eigenvalue weighted by Crippen LogP contribution is -2.11. The third-order valence-electron chi connectivity index (χ3n) is 2.98. The molecule has 1 heterocycles. The Bertz CT molecular complexity index is 535. The molecule has 90 valence electrons. The molecule has 1 aromatic heterocycles. The Kier molecular flexibility index (Phi) is 2.69. The van der Waals surface area contributed by atoms with Gasteiger partial charge >= 0.3 is 0 Å². The lowest BCUT2D eigenvalue weighted by atomic mass is 9.85. The molecule has 2 N–H and O–H groups in total. The zero-order valence-electron chi connectivity index (χ0n) is 10.7. The van der Waals surface area contributed by atoms with Crippen LogP contribution in [0.15, 0.2) is 28.9 Å². The van der Waals surface area contributed by atoms with Crippen molar-refractivity contribution in [3.8, 4) is 11.1 Å². The van der Waals surface area contributed by atoms with E-state index in [-0.39, 0.29) is 5.41 Å². The number of nitrogen functional groups attached to an aromatic ring is 1. The molecule has 17 heavy (non-hydrogen) atoms. The molecule has 0 saturated heterocycles. The summed E-state index contributed by atoms with van der Waals surface area (Å²) < 4.78 is 4.90. The lowest BCUT2D eigenvalue weighted by molar-refractivity contribution is 0.436. The second-order valence-corrected chi connectivity index (χ2v) is 5.38. The molecular weight excluding hydrogens is 212 g/mol. The highest BCUT2D eigenvalue weighted by Gasteiger charge is 2.16. The van der Waals surface area contributed by atoms with Crippen LogP contribution in [0, 0.1) is 6.92 Å². The van der Waals surface area contributed by atoms with Gasteiger partial charge in [0, 0.05) is 0 Å². The molecule has 1 aromatic carbocycles. The zero-order valence-corrected chi connectivity index (χ0v) is 10.7. The number of aryl methyl sites for hydroxylation is 1. The average molecular weight is 230 g/mol. The van der Waals surface area contributed by atoms with Gasteiger partial charge in [-0.25, -0.2) is 0 Å².